The van der Waals surface area contributed by atoms with Crippen LogP contribution in [0.5, 0.6) is 0 Å². The second kappa shape index (κ2) is 2.73. The van der Waals surface area contributed by atoms with Crippen molar-refractivity contribution in [2.24, 2.45) is 7.05 Å². The Labute approximate surface area is 76.2 Å². The summed E-state index contributed by atoms with van der Waals surface area (Å²) in [6.45, 7) is 3.99. The molecular formula is C9H11N3O. The Balaban J connectivity index is 2.64. The second-order valence-electron chi connectivity index (χ2n) is 3.05. The maximum Gasteiger partial charge on any atom is 0.124 e. The molecule has 0 bridgehead atoms. The van der Waals surface area contributed by atoms with Gasteiger partial charge >= 0.3 is 0 Å². The van der Waals surface area contributed by atoms with Crippen LogP contribution in [-0.4, -0.2) is 14.9 Å². The zero-order chi connectivity index (χ0) is 9.42. The van der Waals surface area contributed by atoms with E-state index in [4.69, 9.17) is 4.52 Å². The molecule has 2 aromatic heterocycles. The summed E-state index contributed by atoms with van der Waals surface area (Å²) in [5.74, 6) is 0. The molecule has 0 saturated carbocycles. The Hall–Kier alpha value is -1.58. The summed E-state index contributed by atoms with van der Waals surface area (Å²) < 4.78 is 6.65. The van der Waals surface area contributed by atoms with Gasteiger partial charge in [0, 0.05) is 24.4 Å². The molecule has 0 amide bonds. The molecule has 0 radical (unpaired) electrons. The minimum absolute atomic E-state index is 0.850. The zero-order valence-corrected chi connectivity index (χ0v) is 7.90. The summed E-state index contributed by atoms with van der Waals surface area (Å²) in [4.78, 5) is 0. The standard InChI is InChI=1S/C9H11N3O/c1-6-9(7(2)12(3)10-6)8-4-5-13-11-8/h4-5H,1-3H3. The first-order chi connectivity index (χ1) is 6.20. The van der Waals surface area contributed by atoms with Gasteiger partial charge in [0.25, 0.3) is 0 Å². The maximum atomic E-state index is 4.80. The molecule has 68 valence electrons. The van der Waals surface area contributed by atoms with E-state index in [1.807, 2.05) is 31.6 Å². The van der Waals surface area contributed by atoms with Crippen LogP contribution in [0.25, 0.3) is 11.3 Å². The fourth-order valence-corrected chi connectivity index (χ4v) is 1.49. The lowest BCUT2D eigenvalue weighted by Gasteiger charge is -1.95. The van der Waals surface area contributed by atoms with Crippen molar-refractivity contribution in [2.75, 3.05) is 0 Å². The number of aromatic nitrogens is 3. The second-order valence-corrected chi connectivity index (χ2v) is 3.05. The van der Waals surface area contributed by atoms with Crippen LogP contribution in [0.3, 0.4) is 0 Å². The molecular weight excluding hydrogens is 166 g/mol. The molecule has 0 atom stereocenters. The van der Waals surface area contributed by atoms with E-state index < -0.39 is 0 Å². The molecule has 2 aromatic rings. The lowest BCUT2D eigenvalue weighted by molar-refractivity contribution is 0.422. The Kier molecular flexibility index (Phi) is 1.69. The lowest BCUT2D eigenvalue weighted by Crippen LogP contribution is -1.92. The lowest BCUT2D eigenvalue weighted by atomic mass is 10.1. The number of hydrogen-bond donors (Lipinski definition) is 0. The molecule has 0 saturated heterocycles. The first kappa shape index (κ1) is 8.04. The Morgan fingerprint density at radius 3 is 2.62 bits per heavy atom. The third-order valence-corrected chi connectivity index (χ3v) is 2.20. The highest BCUT2D eigenvalue weighted by atomic mass is 16.5. The molecule has 0 aromatic carbocycles. The van der Waals surface area contributed by atoms with Gasteiger partial charge in [-0.05, 0) is 13.8 Å². The molecule has 4 nitrogen and oxygen atoms in total. The summed E-state index contributed by atoms with van der Waals surface area (Å²) in [6, 6.07) is 1.84. The first-order valence-corrected chi connectivity index (χ1v) is 4.11. The van der Waals surface area contributed by atoms with E-state index in [-0.39, 0.29) is 0 Å². The van der Waals surface area contributed by atoms with Crippen LogP contribution >= 0.6 is 0 Å². The van der Waals surface area contributed by atoms with Crippen molar-refractivity contribution in [3.63, 3.8) is 0 Å². The Bertz CT molecular complexity index is 414. The number of hydrogen-bond acceptors (Lipinski definition) is 3. The summed E-state index contributed by atoms with van der Waals surface area (Å²) in [6.07, 6.45) is 1.57. The summed E-state index contributed by atoms with van der Waals surface area (Å²) >= 11 is 0. The molecule has 0 aliphatic rings. The van der Waals surface area contributed by atoms with Crippen LogP contribution in [0.4, 0.5) is 0 Å². The van der Waals surface area contributed by atoms with Crippen molar-refractivity contribution in [3.05, 3.63) is 23.7 Å². The number of rotatable bonds is 1. The van der Waals surface area contributed by atoms with E-state index >= 15 is 0 Å². The zero-order valence-electron chi connectivity index (χ0n) is 7.90. The van der Waals surface area contributed by atoms with Gasteiger partial charge in [0.2, 0.25) is 0 Å². The van der Waals surface area contributed by atoms with Crippen LogP contribution in [0.1, 0.15) is 11.4 Å². The van der Waals surface area contributed by atoms with Gasteiger partial charge in [0.15, 0.2) is 0 Å². The highest BCUT2D eigenvalue weighted by molar-refractivity contribution is 5.63. The van der Waals surface area contributed by atoms with Crippen LogP contribution in [0.2, 0.25) is 0 Å². The molecule has 0 unspecified atom stereocenters. The first-order valence-electron chi connectivity index (χ1n) is 4.11. The Morgan fingerprint density at radius 1 is 1.38 bits per heavy atom. The molecule has 0 aliphatic heterocycles. The molecule has 2 rings (SSSR count). The fourth-order valence-electron chi connectivity index (χ4n) is 1.49. The fraction of sp³-hybridized carbons (Fsp3) is 0.333. The van der Waals surface area contributed by atoms with Gasteiger partial charge < -0.3 is 4.52 Å². The smallest absolute Gasteiger partial charge is 0.124 e. The van der Waals surface area contributed by atoms with Gasteiger partial charge in [-0.25, -0.2) is 0 Å². The average molecular weight is 177 g/mol. The van der Waals surface area contributed by atoms with Gasteiger partial charge in [-0.2, -0.15) is 5.10 Å². The van der Waals surface area contributed by atoms with Gasteiger partial charge in [-0.1, -0.05) is 5.16 Å². The number of aryl methyl sites for hydroxylation is 2. The van der Waals surface area contributed by atoms with Crippen LogP contribution in [0.15, 0.2) is 16.9 Å². The van der Waals surface area contributed by atoms with Gasteiger partial charge in [0.05, 0.1) is 5.69 Å². The summed E-state index contributed by atoms with van der Waals surface area (Å²) in [5, 5.41) is 8.19. The van der Waals surface area contributed by atoms with Crippen LogP contribution in [0, 0.1) is 13.8 Å². The summed E-state index contributed by atoms with van der Waals surface area (Å²) in [5.41, 5.74) is 4.00. The molecule has 0 fully saturated rings. The largest absolute Gasteiger partial charge is 0.364 e. The highest BCUT2D eigenvalue weighted by Gasteiger charge is 2.13. The van der Waals surface area contributed by atoms with Gasteiger partial charge in [-0.15, -0.1) is 0 Å². The van der Waals surface area contributed by atoms with E-state index in [2.05, 4.69) is 10.3 Å². The topological polar surface area (TPSA) is 43.9 Å². The number of nitrogens with zero attached hydrogens (tertiary/aromatic N) is 3. The van der Waals surface area contributed by atoms with Crippen molar-refractivity contribution in [1.29, 1.82) is 0 Å². The highest BCUT2D eigenvalue weighted by Crippen LogP contribution is 2.24. The van der Waals surface area contributed by atoms with E-state index in [9.17, 15) is 0 Å². The minimum atomic E-state index is 0.850. The van der Waals surface area contributed by atoms with E-state index in [0.29, 0.717) is 0 Å². The van der Waals surface area contributed by atoms with Crippen LogP contribution in [-0.2, 0) is 7.05 Å². The van der Waals surface area contributed by atoms with Crippen molar-refractivity contribution < 1.29 is 4.52 Å². The normalized spacial score (nSPS) is 10.7. The predicted octanol–water partition coefficient (Wildman–Crippen LogP) is 1.69. The van der Waals surface area contributed by atoms with Gasteiger partial charge in [-0.3, -0.25) is 4.68 Å². The third-order valence-electron chi connectivity index (χ3n) is 2.20. The van der Waals surface area contributed by atoms with Crippen molar-refractivity contribution in [3.8, 4) is 11.3 Å². The summed E-state index contributed by atoms with van der Waals surface area (Å²) in [7, 11) is 1.92. The van der Waals surface area contributed by atoms with Crippen LogP contribution < -0.4 is 0 Å². The quantitative estimate of drug-likeness (QED) is 0.665. The van der Waals surface area contributed by atoms with Crippen molar-refractivity contribution in [2.45, 2.75) is 13.8 Å². The molecule has 0 N–H and O–H groups in total. The monoisotopic (exact) mass is 177 g/mol. The molecule has 0 aliphatic carbocycles. The maximum absolute atomic E-state index is 4.80. The third kappa shape index (κ3) is 1.14. The van der Waals surface area contributed by atoms with Crippen molar-refractivity contribution in [1.82, 2.24) is 14.9 Å². The molecule has 13 heavy (non-hydrogen) atoms. The minimum Gasteiger partial charge on any atom is -0.364 e. The Morgan fingerprint density at radius 2 is 2.15 bits per heavy atom. The average Bonchev–Trinajstić information content (AvgIpc) is 2.63. The van der Waals surface area contributed by atoms with E-state index in [1.54, 1.807) is 6.26 Å². The molecule has 4 heteroatoms. The van der Waals surface area contributed by atoms with E-state index in [1.165, 1.54) is 0 Å². The van der Waals surface area contributed by atoms with Crippen molar-refractivity contribution >= 4 is 0 Å². The predicted molar refractivity (Wildman–Crippen MR) is 48.2 cm³/mol. The molecule has 0 spiro atoms. The van der Waals surface area contributed by atoms with E-state index in [0.717, 1.165) is 22.6 Å². The SMILES string of the molecule is Cc1nn(C)c(C)c1-c1ccon1. The molecule has 2 heterocycles. The van der Waals surface area contributed by atoms with Gasteiger partial charge in [0.1, 0.15) is 12.0 Å².